The van der Waals surface area contributed by atoms with E-state index in [0.29, 0.717) is 6.42 Å². The van der Waals surface area contributed by atoms with Crippen LogP contribution in [0.15, 0.2) is 41.8 Å². The van der Waals surface area contributed by atoms with Crippen molar-refractivity contribution in [1.82, 2.24) is 30.5 Å². The van der Waals surface area contributed by atoms with Crippen molar-refractivity contribution >= 4 is 45.5 Å². The smallest absolute Gasteiger partial charge is 0.315 e. The Morgan fingerprint density at radius 2 is 1.64 bits per heavy atom. The van der Waals surface area contributed by atoms with E-state index in [1.54, 1.807) is 47.6 Å². The number of piperidine rings is 1. The minimum absolute atomic E-state index is 0.00618. The van der Waals surface area contributed by atoms with Gasteiger partial charge in [-0.2, -0.15) is 0 Å². The lowest BCUT2D eigenvalue weighted by molar-refractivity contribution is -0.145. The summed E-state index contributed by atoms with van der Waals surface area (Å²) in [4.78, 5) is 82.6. The predicted octanol–water partition coefficient (Wildman–Crippen LogP) is 2.99. The number of rotatable bonds is 14. The lowest BCUT2D eigenvalue weighted by atomic mass is 9.85. The van der Waals surface area contributed by atoms with Crippen LogP contribution >= 0.6 is 0 Å². The van der Waals surface area contributed by atoms with Gasteiger partial charge in [0.15, 0.2) is 0 Å². The highest BCUT2D eigenvalue weighted by atomic mass is 32.2. The molecule has 53 heavy (non-hydrogen) atoms. The number of sulfonamides is 1. The average Bonchev–Trinajstić information content (AvgIpc) is 3.32. The second kappa shape index (κ2) is 15.2. The van der Waals surface area contributed by atoms with Gasteiger partial charge in [0.1, 0.15) is 17.0 Å². The van der Waals surface area contributed by atoms with Crippen molar-refractivity contribution in [1.29, 1.82) is 0 Å². The number of carbonyl (C=O) groups excluding carboxylic acids is 6. The Labute approximate surface area is 313 Å². The van der Waals surface area contributed by atoms with Crippen LogP contribution in [0, 0.1) is 28.1 Å². The van der Waals surface area contributed by atoms with Gasteiger partial charge in [0.2, 0.25) is 17.6 Å². The van der Waals surface area contributed by atoms with Gasteiger partial charge in [-0.3, -0.25) is 24.0 Å². The van der Waals surface area contributed by atoms with Crippen LogP contribution in [0.5, 0.6) is 0 Å². The van der Waals surface area contributed by atoms with Crippen LogP contribution in [0.2, 0.25) is 0 Å². The Balaban J connectivity index is 1.55. The molecule has 0 spiro atoms. The van der Waals surface area contributed by atoms with Crippen molar-refractivity contribution in [2.24, 2.45) is 28.1 Å². The third-order valence-corrected chi connectivity index (χ3v) is 12.7. The molecule has 1 aliphatic carbocycles. The highest BCUT2D eigenvalue weighted by Crippen LogP contribution is 2.65. The highest BCUT2D eigenvalue weighted by molar-refractivity contribution is 7.90. The molecule has 292 valence electrons. The second-order valence-electron chi connectivity index (χ2n) is 17.1. The summed E-state index contributed by atoms with van der Waals surface area (Å²) in [6.07, 6.45) is 3.01. The second-order valence-corrected chi connectivity index (χ2v) is 19.0. The summed E-state index contributed by atoms with van der Waals surface area (Å²) in [6.45, 7) is 20.3. The van der Waals surface area contributed by atoms with Gasteiger partial charge in [-0.15, -0.1) is 6.58 Å². The van der Waals surface area contributed by atoms with E-state index in [4.69, 9.17) is 0 Å². The monoisotopic (exact) mass is 756 g/mol. The van der Waals surface area contributed by atoms with Crippen LogP contribution in [-0.4, -0.2) is 96.9 Å². The number of hydrogen-bond acceptors (Lipinski definition) is 8. The van der Waals surface area contributed by atoms with Gasteiger partial charge in [-0.05, 0) is 46.6 Å². The maximum absolute atomic E-state index is 14.5. The van der Waals surface area contributed by atoms with Crippen LogP contribution in [0.3, 0.4) is 0 Å². The minimum Gasteiger partial charge on any atom is -0.346 e. The summed E-state index contributed by atoms with van der Waals surface area (Å²) in [5.74, 6) is -3.51. The number of amides is 6. The zero-order valence-electron chi connectivity index (χ0n) is 32.4. The normalized spacial score (nSPS) is 22.8. The third kappa shape index (κ3) is 8.44. The largest absolute Gasteiger partial charge is 0.346 e. The number of nitrogens with one attached hydrogen (secondary N) is 4. The van der Waals surface area contributed by atoms with Crippen molar-refractivity contribution in [3.8, 4) is 0 Å². The number of benzene rings is 1. The molecule has 4 rings (SSSR count). The fourth-order valence-corrected chi connectivity index (χ4v) is 9.00. The SMILES string of the molecule is C=CCNC(=O)C(=O)C(CCCC)NC(=O)[C@@H]1[C@@H]2[C@H](CN1C(=O)[C@@H](NC(=O)N[C@H](CN1C(=O)c3ccccc3S1(=O)=O)C(C)(C)C)C(C)(C)C)C2(C)C. The number of carbonyl (C=O) groups is 6. The first kappa shape index (κ1) is 41.5. The zero-order chi connectivity index (χ0) is 39.8. The van der Waals surface area contributed by atoms with Gasteiger partial charge in [0.25, 0.3) is 21.8 Å². The molecule has 2 heterocycles. The Bertz CT molecular complexity index is 1760. The van der Waals surface area contributed by atoms with E-state index in [1.807, 2.05) is 20.8 Å². The molecule has 1 saturated heterocycles. The fraction of sp³-hybridized carbons (Fsp3) is 0.632. The summed E-state index contributed by atoms with van der Waals surface area (Å²) in [7, 11) is -4.15. The van der Waals surface area contributed by atoms with Crippen LogP contribution in [0.25, 0.3) is 0 Å². The molecule has 4 N–H and O–H groups in total. The van der Waals surface area contributed by atoms with Gasteiger partial charge in [-0.1, -0.05) is 93.4 Å². The molecule has 14 nitrogen and oxygen atoms in total. The first-order valence-corrected chi connectivity index (χ1v) is 19.7. The molecule has 3 aliphatic rings. The summed E-state index contributed by atoms with van der Waals surface area (Å²) >= 11 is 0. The number of unbranched alkanes of at least 4 members (excludes halogenated alkanes) is 1. The Hall–Kier alpha value is -4.27. The molecule has 2 aliphatic heterocycles. The van der Waals surface area contributed by atoms with E-state index in [0.717, 1.165) is 10.7 Å². The van der Waals surface area contributed by atoms with Crippen molar-refractivity contribution in [2.75, 3.05) is 19.6 Å². The van der Waals surface area contributed by atoms with Crippen molar-refractivity contribution < 1.29 is 37.2 Å². The maximum atomic E-state index is 14.5. The average molecular weight is 757 g/mol. The Kier molecular flexibility index (Phi) is 11.9. The van der Waals surface area contributed by atoms with Crippen LogP contribution in [0.1, 0.15) is 91.9 Å². The third-order valence-electron chi connectivity index (χ3n) is 10.9. The van der Waals surface area contributed by atoms with Crippen molar-refractivity contribution in [3.05, 3.63) is 42.5 Å². The Morgan fingerprint density at radius 3 is 2.21 bits per heavy atom. The number of ketones is 1. The summed E-state index contributed by atoms with van der Waals surface area (Å²) in [5, 5.41) is 10.9. The minimum atomic E-state index is -4.15. The van der Waals surface area contributed by atoms with Gasteiger partial charge in [0, 0.05) is 13.1 Å². The van der Waals surface area contributed by atoms with E-state index in [-0.39, 0.29) is 53.8 Å². The fourth-order valence-electron chi connectivity index (χ4n) is 7.42. The molecule has 0 aromatic heterocycles. The lowest BCUT2D eigenvalue weighted by Crippen LogP contribution is -2.62. The molecule has 1 unspecified atom stereocenters. The topological polar surface area (TPSA) is 191 Å². The van der Waals surface area contributed by atoms with E-state index in [2.05, 4.69) is 27.8 Å². The quantitative estimate of drug-likeness (QED) is 0.165. The summed E-state index contributed by atoms with van der Waals surface area (Å²) in [5.41, 5.74) is -1.75. The lowest BCUT2D eigenvalue weighted by Gasteiger charge is -2.39. The number of hydrogen-bond donors (Lipinski definition) is 4. The number of nitrogens with zero attached hydrogens (tertiary/aromatic N) is 2. The van der Waals surface area contributed by atoms with Crippen LogP contribution in [-0.2, 0) is 29.2 Å². The van der Waals surface area contributed by atoms with Crippen LogP contribution < -0.4 is 21.3 Å². The zero-order valence-corrected chi connectivity index (χ0v) is 33.2. The first-order valence-electron chi connectivity index (χ1n) is 18.3. The molecule has 15 heteroatoms. The van der Waals surface area contributed by atoms with Crippen LogP contribution in [0.4, 0.5) is 4.79 Å². The molecule has 1 aromatic rings. The summed E-state index contributed by atoms with van der Waals surface area (Å²) < 4.78 is 27.4. The van der Waals surface area contributed by atoms with Crippen molar-refractivity contribution in [3.63, 3.8) is 0 Å². The number of Topliss-reactive ketones (excluding diaryl/α,β-unsaturated/α-hetero) is 1. The van der Waals surface area contributed by atoms with E-state index < -0.39 is 80.5 Å². The van der Waals surface area contributed by atoms with Crippen molar-refractivity contribution in [2.45, 2.75) is 111 Å². The first-order chi connectivity index (χ1) is 24.5. The molecule has 0 radical (unpaired) electrons. The van der Waals surface area contributed by atoms with Gasteiger partial charge < -0.3 is 26.2 Å². The van der Waals surface area contributed by atoms with E-state index in [1.165, 1.54) is 29.2 Å². The number of likely N-dealkylation sites (tertiary alicyclic amines) is 1. The maximum Gasteiger partial charge on any atom is 0.315 e. The molecule has 2 fully saturated rings. The van der Waals surface area contributed by atoms with Gasteiger partial charge in [0.05, 0.1) is 24.2 Å². The molecular weight excluding hydrogens is 701 g/mol. The molecule has 1 aromatic carbocycles. The number of urea groups is 1. The van der Waals surface area contributed by atoms with E-state index >= 15 is 0 Å². The van der Waals surface area contributed by atoms with Gasteiger partial charge >= 0.3 is 6.03 Å². The van der Waals surface area contributed by atoms with Gasteiger partial charge in [-0.25, -0.2) is 17.5 Å². The predicted molar refractivity (Wildman–Crippen MR) is 199 cm³/mol. The molecular formula is C38H56N6O8S. The Morgan fingerprint density at radius 1 is 1.00 bits per heavy atom. The standard InChI is InChI=1S/C38H56N6O8S/c1-11-13-17-24(29(45)32(47)39-19-12-2)40-31(46)28-27-23(38(27,9)10)20-43(28)34(49)30(37(6,7)8)42-35(50)41-26(36(3,4)5)21-44-33(48)22-16-14-15-18-25(22)53(44,51)52/h12,14-16,18,23-24,26-28,30H,2,11,13,17,19-21H2,1,3-10H3,(H,39,47)(H,40,46)(H2,41,42,50)/t23-,24?,26+,27-,28-,30+/m0/s1. The number of fused-ring (bicyclic) bond motifs is 2. The molecule has 6 atom stereocenters. The molecule has 1 saturated carbocycles. The summed E-state index contributed by atoms with van der Waals surface area (Å²) in [6, 6.07) is 1.19. The molecule has 6 amide bonds. The molecule has 0 bridgehead atoms. The highest BCUT2D eigenvalue weighted by Gasteiger charge is 2.70. The van der Waals surface area contributed by atoms with E-state index in [9.17, 15) is 37.2 Å².